The van der Waals surface area contributed by atoms with Crippen molar-refractivity contribution in [2.75, 3.05) is 7.11 Å². The largest absolute Gasteiger partial charge is 0.547 e. The molecule has 0 aromatic heterocycles. The summed E-state index contributed by atoms with van der Waals surface area (Å²) in [6.07, 6.45) is 14.4. The summed E-state index contributed by atoms with van der Waals surface area (Å²) in [4.78, 5) is 0. The van der Waals surface area contributed by atoms with Crippen LogP contribution in [0, 0.1) is 28.6 Å². The minimum atomic E-state index is -1.54. The number of rotatable bonds is 3. The molecule has 0 spiro atoms. The third-order valence-electron chi connectivity index (χ3n) is 8.32. The molecule has 146 valence electrons. The second kappa shape index (κ2) is 6.24. The molecule has 0 radical (unpaired) electrons. The third kappa shape index (κ3) is 2.85. The van der Waals surface area contributed by atoms with E-state index >= 15 is 0 Å². The topological polar surface area (TPSA) is 18.5 Å². The second-order valence-corrected chi connectivity index (χ2v) is 15.3. The summed E-state index contributed by atoms with van der Waals surface area (Å²) in [5.41, 5.74) is 2.42. The number of ether oxygens (including phenoxy) is 1. The summed E-state index contributed by atoms with van der Waals surface area (Å²) in [6.45, 7) is 12.0. The highest BCUT2D eigenvalue weighted by molar-refractivity contribution is 6.70. The van der Waals surface area contributed by atoms with Gasteiger partial charge in [-0.15, -0.1) is 0 Å². The highest BCUT2D eigenvalue weighted by Gasteiger charge is 2.57. The molecule has 3 heteroatoms. The van der Waals surface area contributed by atoms with Crippen LogP contribution in [0.5, 0.6) is 0 Å². The SMILES string of the molecule is CO[C@H]1CC[C@@]2(C)C(=CC[C@@H]3[C@@H]2CC[C@]2(C)C(O[Si](C)(C)C)=CC[C@@H]32)C1. The molecule has 0 saturated heterocycles. The van der Waals surface area contributed by atoms with Crippen LogP contribution in [0.25, 0.3) is 0 Å². The first-order valence-electron chi connectivity index (χ1n) is 10.8. The van der Waals surface area contributed by atoms with Gasteiger partial charge in [-0.3, -0.25) is 0 Å². The fraction of sp³-hybridized carbons (Fsp3) is 0.826. The molecule has 0 heterocycles. The van der Waals surface area contributed by atoms with Gasteiger partial charge in [0.05, 0.1) is 11.9 Å². The maximum Gasteiger partial charge on any atom is 0.241 e. The summed E-state index contributed by atoms with van der Waals surface area (Å²) in [6, 6.07) is 0. The van der Waals surface area contributed by atoms with Gasteiger partial charge in [0.2, 0.25) is 8.32 Å². The van der Waals surface area contributed by atoms with Crippen molar-refractivity contribution in [3.63, 3.8) is 0 Å². The van der Waals surface area contributed by atoms with Crippen LogP contribution < -0.4 is 0 Å². The Labute approximate surface area is 161 Å². The van der Waals surface area contributed by atoms with Crippen LogP contribution in [-0.4, -0.2) is 21.5 Å². The van der Waals surface area contributed by atoms with Gasteiger partial charge in [-0.1, -0.05) is 25.5 Å². The number of fused-ring (bicyclic) bond motifs is 5. The lowest BCUT2D eigenvalue weighted by Crippen LogP contribution is -2.50. The Kier molecular flexibility index (Phi) is 4.51. The van der Waals surface area contributed by atoms with Gasteiger partial charge in [0.15, 0.2) is 0 Å². The summed E-state index contributed by atoms with van der Waals surface area (Å²) in [5, 5.41) is 0. The van der Waals surface area contributed by atoms with E-state index < -0.39 is 8.32 Å². The van der Waals surface area contributed by atoms with Gasteiger partial charge in [0.25, 0.3) is 0 Å². The van der Waals surface area contributed by atoms with Crippen molar-refractivity contribution in [2.45, 2.75) is 84.5 Å². The van der Waals surface area contributed by atoms with E-state index in [1.54, 1.807) is 5.57 Å². The molecule has 0 N–H and O–H groups in total. The first-order valence-corrected chi connectivity index (χ1v) is 14.2. The average molecular weight is 375 g/mol. The van der Waals surface area contributed by atoms with Crippen LogP contribution in [0.15, 0.2) is 23.5 Å². The summed E-state index contributed by atoms with van der Waals surface area (Å²) in [5.74, 6) is 3.82. The normalized spacial score (nSPS) is 45.2. The predicted molar refractivity (Wildman–Crippen MR) is 110 cm³/mol. The first-order chi connectivity index (χ1) is 12.2. The molecule has 0 amide bonds. The molecule has 0 aromatic carbocycles. The molecule has 0 unspecified atom stereocenters. The van der Waals surface area contributed by atoms with Crippen molar-refractivity contribution < 1.29 is 9.16 Å². The van der Waals surface area contributed by atoms with E-state index in [0.717, 1.165) is 17.8 Å². The molecule has 0 bridgehead atoms. The van der Waals surface area contributed by atoms with Crippen molar-refractivity contribution in [3.8, 4) is 0 Å². The highest BCUT2D eigenvalue weighted by atomic mass is 28.4. The van der Waals surface area contributed by atoms with E-state index in [9.17, 15) is 0 Å². The van der Waals surface area contributed by atoms with Gasteiger partial charge in [-0.2, -0.15) is 0 Å². The summed E-state index contributed by atoms with van der Waals surface area (Å²) < 4.78 is 12.3. The first kappa shape index (κ1) is 18.8. The number of hydrogen-bond acceptors (Lipinski definition) is 2. The Bertz CT molecular complexity index is 631. The molecule has 2 saturated carbocycles. The van der Waals surface area contributed by atoms with Crippen LogP contribution in [0.4, 0.5) is 0 Å². The smallest absolute Gasteiger partial charge is 0.241 e. The Balaban J connectivity index is 1.59. The fourth-order valence-corrected chi connectivity index (χ4v) is 7.82. The van der Waals surface area contributed by atoms with Gasteiger partial charge in [-0.05, 0) is 93.8 Å². The number of allylic oxidation sites excluding steroid dienone is 3. The molecule has 4 aliphatic rings. The predicted octanol–water partition coefficient (Wildman–Crippen LogP) is 6.31. The summed E-state index contributed by atoms with van der Waals surface area (Å²) in [7, 11) is 0.347. The average Bonchev–Trinajstić information content (AvgIpc) is 2.89. The quantitative estimate of drug-likeness (QED) is 0.426. The minimum Gasteiger partial charge on any atom is -0.547 e. The van der Waals surface area contributed by atoms with Crippen molar-refractivity contribution in [1.82, 2.24) is 0 Å². The Hall–Kier alpha value is -0.543. The van der Waals surface area contributed by atoms with Crippen LogP contribution in [-0.2, 0) is 9.16 Å². The number of methoxy groups -OCH3 is 1. The standard InChI is InChI=1S/C23H38O2Si/c1-22-13-11-17(24-3)15-16(22)7-8-18-19-9-10-21(25-26(4,5)6)23(19,2)14-12-20(18)22/h7,10,17-20H,8-9,11-15H2,1-6H3/t17-,18-,19-,20-,22-,23-/m0/s1. The van der Waals surface area contributed by atoms with Gasteiger partial charge in [-0.25, -0.2) is 0 Å². The third-order valence-corrected chi connectivity index (χ3v) is 9.15. The van der Waals surface area contributed by atoms with Crippen LogP contribution in [0.1, 0.15) is 58.8 Å². The van der Waals surface area contributed by atoms with E-state index in [0.29, 0.717) is 11.5 Å². The molecular weight excluding hydrogens is 336 g/mol. The van der Waals surface area contributed by atoms with Gasteiger partial charge < -0.3 is 9.16 Å². The monoisotopic (exact) mass is 374 g/mol. The van der Waals surface area contributed by atoms with Gasteiger partial charge >= 0.3 is 0 Å². The van der Waals surface area contributed by atoms with Crippen molar-refractivity contribution in [3.05, 3.63) is 23.5 Å². The lowest BCUT2D eigenvalue weighted by atomic mass is 9.48. The Morgan fingerprint density at radius 2 is 1.69 bits per heavy atom. The molecule has 4 rings (SSSR count). The Morgan fingerprint density at radius 3 is 2.38 bits per heavy atom. The molecule has 0 aromatic rings. The Morgan fingerprint density at radius 1 is 0.962 bits per heavy atom. The molecule has 4 aliphatic carbocycles. The molecule has 2 nitrogen and oxygen atoms in total. The second-order valence-electron chi connectivity index (χ2n) is 10.8. The summed E-state index contributed by atoms with van der Waals surface area (Å²) >= 11 is 0. The van der Waals surface area contributed by atoms with E-state index in [4.69, 9.17) is 9.16 Å². The lowest BCUT2D eigenvalue weighted by molar-refractivity contribution is -0.0426. The van der Waals surface area contributed by atoms with Crippen LogP contribution >= 0.6 is 0 Å². The molecule has 2 fully saturated rings. The van der Waals surface area contributed by atoms with Crippen molar-refractivity contribution in [1.29, 1.82) is 0 Å². The maximum absolute atomic E-state index is 6.58. The van der Waals surface area contributed by atoms with Crippen LogP contribution in [0.2, 0.25) is 19.6 Å². The van der Waals surface area contributed by atoms with Gasteiger partial charge in [0.1, 0.15) is 0 Å². The van der Waals surface area contributed by atoms with E-state index in [-0.39, 0.29) is 5.41 Å². The number of hydrogen-bond donors (Lipinski definition) is 0. The highest BCUT2D eigenvalue weighted by Crippen LogP contribution is 2.65. The lowest BCUT2D eigenvalue weighted by Gasteiger charge is -2.57. The maximum atomic E-state index is 6.58. The molecule has 6 atom stereocenters. The molecular formula is C23H38O2Si. The molecule has 26 heavy (non-hydrogen) atoms. The van der Waals surface area contributed by atoms with E-state index in [2.05, 4.69) is 45.6 Å². The molecule has 0 aliphatic heterocycles. The van der Waals surface area contributed by atoms with E-state index in [1.807, 2.05) is 7.11 Å². The van der Waals surface area contributed by atoms with Gasteiger partial charge in [0, 0.05) is 12.5 Å². The zero-order valence-electron chi connectivity index (χ0n) is 17.7. The zero-order valence-corrected chi connectivity index (χ0v) is 18.7. The van der Waals surface area contributed by atoms with E-state index in [1.165, 1.54) is 50.7 Å². The van der Waals surface area contributed by atoms with Crippen molar-refractivity contribution >= 4 is 8.32 Å². The van der Waals surface area contributed by atoms with Crippen LogP contribution in [0.3, 0.4) is 0 Å². The van der Waals surface area contributed by atoms with Crippen molar-refractivity contribution in [2.24, 2.45) is 28.6 Å². The zero-order chi connectivity index (χ0) is 18.7. The fourth-order valence-electron chi connectivity index (χ4n) is 6.84. The minimum absolute atomic E-state index is 0.285.